The fourth-order valence-corrected chi connectivity index (χ4v) is 9.63. The zero-order valence-electron chi connectivity index (χ0n) is 47.8. The molecule has 0 saturated carbocycles. The second-order valence-corrected chi connectivity index (χ2v) is 23.7. The molecule has 0 aliphatic rings. The fourth-order valence-electron chi connectivity index (χ4n) is 8.05. The van der Waals surface area contributed by atoms with Crippen LogP contribution in [0.25, 0.3) is 0 Å². The van der Waals surface area contributed by atoms with Crippen LogP contribution in [-0.4, -0.2) is 96.7 Å². The number of rotatable bonds is 55. The van der Waals surface area contributed by atoms with E-state index >= 15 is 0 Å². The summed E-state index contributed by atoms with van der Waals surface area (Å²) in [6.45, 7) is 9.24. The molecular weight excluding hydrogens is 1010 g/mol. The van der Waals surface area contributed by atoms with Crippen molar-refractivity contribution < 1.29 is 80.2 Å². The number of aliphatic hydroxyl groups excluding tert-OH is 1. The predicted molar refractivity (Wildman–Crippen MR) is 294 cm³/mol. The standard InChI is InChI=1S/C56H108O17P2/c1-7-11-13-15-16-17-18-19-28-34-40-55(60)72-51(44-66-53(58)38-32-24-14-12-8-2)46-70-74(62,63)68-42-50(57)43-69-75(64,65)71-47-52(73-56(61)41-35-29-23-21-26-31-37-49(6)10-4)45-67-54(59)39-33-27-22-20-25-30-36-48(5)9-3/h48-52,57H,7-47H2,1-6H3,(H,62,63)(H,64,65)/t48?,49?,50-,51+,52+/m0/s1. The SMILES string of the molecule is CCCCCCCCCCCCC(=O)O[C@H](COC(=O)CCCCCCC)COP(=O)(O)OC[C@H](O)COP(=O)(O)OC[C@@H](COC(=O)CCCCCCCCC(C)CC)OC(=O)CCCCCCCCC(C)CC. The van der Waals surface area contributed by atoms with Crippen LogP contribution in [0.4, 0.5) is 0 Å². The van der Waals surface area contributed by atoms with Crippen molar-refractivity contribution in [3.8, 4) is 0 Å². The van der Waals surface area contributed by atoms with Gasteiger partial charge in [-0.2, -0.15) is 0 Å². The van der Waals surface area contributed by atoms with Crippen LogP contribution in [0.5, 0.6) is 0 Å². The molecule has 0 spiro atoms. The molecular formula is C56H108O17P2. The largest absolute Gasteiger partial charge is 0.472 e. The Kier molecular flexibility index (Phi) is 47.9. The van der Waals surface area contributed by atoms with E-state index in [1.54, 1.807) is 0 Å². The van der Waals surface area contributed by atoms with Crippen molar-refractivity contribution in [2.75, 3.05) is 39.6 Å². The summed E-state index contributed by atoms with van der Waals surface area (Å²) in [5, 5.41) is 10.5. The molecule has 17 nitrogen and oxygen atoms in total. The van der Waals surface area contributed by atoms with Crippen LogP contribution in [0.2, 0.25) is 0 Å². The summed E-state index contributed by atoms with van der Waals surface area (Å²) in [5.41, 5.74) is 0. The minimum atomic E-state index is -4.93. The molecule has 0 saturated heterocycles. The Bertz CT molecular complexity index is 1500. The van der Waals surface area contributed by atoms with Gasteiger partial charge in [0, 0.05) is 25.7 Å². The maximum atomic E-state index is 12.9. The summed E-state index contributed by atoms with van der Waals surface area (Å²) < 4.78 is 67.4. The monoisotopic (exact) mass is 1110 g/mol. The van der Waals surface area contributed by atoms with Crippen molar-refractivity contribution in [1.29, 1.82) is 0 Å². The summed E-state index contributed by atoms with van der Waals surface area (Å²) in [6, 6.07) is 0. The van der Waals surface area contributed by atoms with Gasteiger partial charge in [0.15, 0.2) is 12.2 Å². The van der Waals surface area contributed by atoms with Crippen molar-refractivity contribution in [2.24, 2.45) is 11.8 Å². The van der Waals surface area contributed by atoms with E-state index in [9.17, 15) is 43.2 Å². The molecule has 0 aromatic carbocycles. The van der Waals surface area contributed by atoms with Crippen LogP contribution >= 0.6 is 15.6 Å². The number of esters is 4. The Labute approximate surface area is 454 Å². The number of carbonyl (C=O) groups excluding carboxylic acids is 4. The summed E-state index contributed by atoms with van der Waals surface area (Å²) in [7, 11) is -9.86. The van der Waals surface area contributed by atoms with Crippen LogP contribution in [-0.2, 0) is 65.4 Å². The molecule has 75 heavy (non-hydrogen) atoms. The molecule has 4 unspecified atom stereocenters. The van der Waals surface area contributed by atoms with Crippen LogP contribution in [0.1, 0.15) is 266 Å². The Balaban J connectivity index is 5.20. The Morgan fingerprint density at radius 1 is 0.373 bits per heavy atom. The van der Waals surface area contributed by atoms with E-state index in [1.807, 2.05) is 0 Å². The van der Waals surface area contributed by atoms with Gasteiger partial charge in [-0.15, -0.1) is 0 Å². The first-order valence-corrected chi connectivity index (χ1v) is 32.6. The lowest BCUT2D eigenvalue weighted by Gasteiger charge is -2.21. The lowest BCUT2D eigenvalue weighted by atomic mass is 10.00. The summed E-state index contributed by atoms with van der Waals surface area (Å²) in [4.78, 5) is 71.5. The van der Waals surface area contributed by atoms with Crippen LogP contribution in [0.3, 0.4) is 0 Å². The minimum absolute atomic E-state index is 0.102. The van der Waals surface area contributed by atoms with E-state index in [1.165, 1.54) is 70.6 Å². The summed E-state index contributed by atoms with van der Waals surface area (Å²) in [6.07, 6.45) is 28.4. The average molecular weight is 1120 g/mol. The first kappa shape index (κ1) is 73.1. The number of carbonyl (C=O) groups is 4. The number of hydrogen-bond donors (Lipinski definition) is 3. The molecule has 0 radical (unpaired) electrons. The highest BCUT2D eigenvalue weighted by Gasteiger charge is 2.30. The first-order chi connectivity index (χ1) is 35.9. The molecule has 7 atom stereocenters. The quantitative estimate of drug-likeness (QED) is 0.0222. The molecule has 0 aliphatic carbocycles. The van der Waals surface area contributed by atoms with E-state index < -0.39 is 97.5 Å². The summed E-state index contributed by atoms with van der Waals surface area (Å²) in [5.74, 6) is -0.709. The second-order valence-electron chi connectivity index (χ2n) is 20.8. The molecule has 444 valence electrons. The van der Waals surface area contributed by atoms with E-state index in [-0.39, 0.29) is 25.7 Å². The van der Waals surface area contributed by atoms with E-state index in [0.717, 1.165) is 115 Å². The molecule has 0 rings (SSSR count). The predicted octanol–water partition coefficient (Wildman–Crippen LogP) is 14.5. The molecule has 0 aromatic heterocycles. The van der Waals surface area contributed by atoms with Gasteiger partial charge in [-0.3, -0.25) is 37.3 Å². The van der Waals surface area contributed by atoms with E-state index in [2.05, 4.69) is 41.5 Å². The number of ether oxygens (including phenoxy) is 4. The minimum Gasteiger partial charge on any atom is -0.462 e. The number of hydrogen-bond acceptors (Lipinski definition) is 15. The maximum absolute atomic E-state index is 12.9. The van der Waals surface area contributed by atoms with Gasteiger partial charge in [0.05, 0.1) is 26.4 Å². The molecule has 0 heterocycles. The highest BCUT2D eigenvalue weighted by molar-refractivity contribution is 7.47. The van der Waals surface area contributed by atoms with Gasteiger partial charge < -0.3 is 33.8 Å². The van der Waals surface area contributed by atoms with E-state index in [4.69, 9.17) is 37.0 Å². The third kappa shape index (κ3) is 48.9. The van der Waals surface area contributed by atoms with Crippen LogP contribution < -0.4 is 0 Å². The number of unbranched alkanes of at least 4 members (excludes halogenated alkanes) is 23. The zero-order chi connectivity index (χ0) is 55.8. The van der Waals surface area contributed by atoms with Gasteiger partial charge in [-0.1, -0.05) is 215 Å². The van der Waals surface area contributed by atoms with Gasteiger partial charge >= 0.3 is 39.5 Å². The van der Waals surface area contributed by atoms with Crippen molar-refractivity contribution in [2.45, 2.75) is 285 Å². The Hall–Kier alpha value is -1.94. The third-order valence-electron chi connectivity index (χ3n) is 13.4. The lowest BCUT2D eigenvalue weighted by Crippen LogP contribution is -2.30. The fraction of sp³-hybridized carbons (Fsp3) is 0.929. The average Bonchev–Trinajstić information content (AvgIpc) is 3.38. The maximum Gasteiger partial charge on any atom is 0.472 e. The van der Waals surface area contributed by atoms with Gasteiger partial charge in [0.1, 0.15) is 19.3 Å². The normalized spacial score (nSPS) is 15.3. The Morgan fingerprint density at radius 3 is 0.947 bits per heavy atom. The van der Waals surface area contributed by atoms with Gasteiger partial charge in [0.25, 0.3) is 0 Å². The van der Waals surface area contributed by atoms with Crippen LogP contribution in [0.15, 0.2) is 0 Å². The molecule has 0 aromatic rings. The van der Waals surface area contributed by atoms with Crippen molar-refractivity contribution in [1.82, 2.24) is 0 Å². The third-order valence-corrected chi connectivity index (χ3v) is 15.3. The van der Waals surface area contributed by atoms with Crippen molar-refractivity contribution in [3.05, 3.63) is 0 Å². The molecule has 0 bridgehead atoms. The highest BCUT2D eigenvalue weighted by Crippen LogP contribution is 2.45. The molecule has 19 heteroatoms. The zero-order valence-corrected chi connectivity index (χ0v) is 49.6. The number of aliphatic hydroxyl groups is 1. The van der Waals surface area contributed by atoms with Crippen molar-refractivity contribution >= 4 is 39.5 Å². The van der Waals surface area contributed by atoms with E-state index in [0.29, 0.717) is 25.7 Å². The topological polar surface area (TPSA) is 237 Å². The number of phosphoric ester groups is 2. The highest BCUT2D eigenvalue weighted by atomic mass is 31.2. The smallest absolute Gasteiger partial charge is 0.462 e. The number of phosphoric acid groups is 2. The van der Waals surface area contributed by atoms with Gasteiger partial charge in [0.2, 0.25) is 0 Å². The molecule has 0 fully saturated rings. The molecule has 0 aliphatic heterocycles. The van der Waals surface area contributed by atoms with Gasteiger partial charge in [-0.05, 0) is 37.5 Å². The molecule has 3 N–H and O–H groups in total. The van der Waals surface area contributed by atoms with Crippen molar-refractivity contribution in [3.63, 3.8) is 0 Å². The first-order valence-electron chi connectivity index (χ1n) is 29.6. The van der Waals surface area contributed by atoms with Crippen LogP contribution in [0, 0.1) is 11.8 Å². The lowest BCUT2D eigenvalue weighted by molar-refractivity contribution is -0.161. The second kappa shape index (κ2) is 49.1. The summed E-state index contributed by atoms with van der Waals surface area (Å²) >= 11 is 0. The molecule has 0 amide bonds. The van der Waals surface area contributed by atoms with Gasteiger partial charge in [-0.25, -0.2) is 9.13 Å². The Morgan fingerprint density at radius 2 is 0.640 bits per heavy atom.